The Kier molecular flexibility index (Phi) is 6.06. The van der Waals surface area contributed by atoms with E-state index in [2.05, 4.69) is 5.32 Å². The Bertz CT molecular complexity index is 1220. The van der Waals surface area contributed by atoms with E-state index in [4.69, 9.17) is 4.42 Å². The van der Waals surface area contributed by atoms with Crippen molar-refractivity contribution in [2.24, 2.45) is 0 Å². The normalized spacial score (nSPS) is 11.6. The van der Waals surface area contributed by atoms with Crippen LogP contribution in [0.5, 0.6) is 0 Å². The molecule has 164 valence electrons. The van der Waals surface area contributed by atoms with E-state index in [1.807, 2.05) is 26.0 Å². The highest BCUT2D eigenvalue weighted by atomic mass is 19.4. The van der Waals surface area contributed by atoms with Gasteiger partial charge in [0.2, 0.25) is 0 Å². The van der Waals surface area contributed by atoms with E-state index in [0.717, 1.165) is 17.2 Å². The number of carbonyl (C=O) groups is 1. The van der Waals surface area contributed by atoms with Crippen LogP contribution in [0.25, 0.3) is 11.0 Å². The average molecular weight is 436 g/mol. The fourth-order valence-electron chi connectivity index (χ4n) is 3.14. The van der Waals surface area contributed by atoms with E-state index < -0.39 is 30.1 Å². The van der Waals surface area contributed by atoms with Crippen LogP contribution in [0.15, 0.2) is 39.5 Å². The first-order chi connectivity index (χ1) is 14.5. The van der Waals surface area contributed by atoms with Gasteiger partial charge in [0, 0.05) is 34.8 Å². The Balaban J connectivity index is 1.90. The van der Waals surface area contributed by atoms with Crippen molar-refractivity contribution in [3.8, 4) is 0 Å². The fraction of sp³-hybridized carbons (Fsp3) is 0.273. The molecule has 31 heavy (non-hydrogen) atoms. The number of rotatable bonds is 5. The number of alkyl halides is 3. The van der Waals surface area contributed by atoms with Gasteiger partial charge in [0.25, 0.3) is 5.91 Å². The number of amides is 1. The van der Waals surface area contributed by atoms with Crippen molar-refractivity contribution in [2.45, 2.75) is 33.5 Å². The molecule has 0 bridgehead atoms. The third-order valence-electron chi connectivity index (χ3n) is 5.04. The Morgan fingerprint density at radius 3 is 2.45 bits per heavy atom. The summed E-state index contributed by atoms with van der Waals surface area (Å²) in [6.45, 7) is 3.79. The summed E-state index contributed by atoms with van der Waals surface area (Å²) in [5, 5.41) is 5.39. The number of aryl methyl sites for hydroxylation is 2. The van der Waals surface area contributed by atoms with Gasteiger partial charge in [0.1, 0.15) is 17.9 Å². The summed E-state index contributed by atoms with van der Waals surface area (Å²) in [6.07, 6.45) is -4.58. The number of hydrogen-bond acceptors (Lipinski definition) is 4. The van der Waals surface area contributed by atoms with Crippen LogP contribution >= 0.6 is 0 Å². The molecule has 0 saturated heterocycles. The van der Waals surface area contributed by atoms with Gasteiger partial charge in [-0.15, -0.1) is 0 Å². The first kappa shape index (κ1) is 22.3. The topological polar surface area (TPSA) is 71.3 Å². The Labute approximate surface area is 175 Å². The minimum Gasteiger partial charge on any atom is -0.422 e. The molecule has 0 aliphatic heterocycles. The van der Waals surface area contributed by atoms with Gasteiger partial charge in [-0.2, -0.15) is 13.2 Å². The van der Waals surface area contributed by atoms with Crippen molar-refractivity contribution in [2.75, 3.05) is 11.9 Å². The molecule has 0 unspecified atom stereocenters. The lowest BCUT2D eigenvalue weighted by atomic mass is 10.0. The Morgan fingerprint density at radius 1 is 1.06 bits per heavy atom. The van der Waals surface area contributed by atoms with Crippen LogP contribution in [0.1, 0.15) is 32.6 Å². The highest BCUT2D eigenvalue weighted by Crippen LogP contribution is 2.26. The number of carbonyl (C=O) groups excluding carboxylic acids is 1. The standard InChI is InChI=1S/C22H20F4N2O3/c1-11-4-5-16-15(8-19(29)31-20(16)12(11)2)9-27-18-7-14(6-17(23)13(18)3)21(30)28-10-22(24,25)26/h4-8,27H,9-10H2,1-3H3,(H,28,30). The van der Waals surface area contributed by atoms with E-state index >= 15 is 0 Å². The maximum absolute atomic E-state index is 14.3. The summed E-state index contributed by atoms with van der Waals surface area (Å²) in [4.78, 5) is 24.0. The lowest BCUT2D eigenvalue weighted by molar-refractivity contribution is -0.123. The lowest BCUT2D eigenvalue weighted by Gasteiger charge is -2.15. The molecule has 9 heteroatoms. The van der Waals surface area contributed by atoms with Crippen molar-refractivity contribution in [3.05, 3.63) is 74.4 Å². The van der Waals surface area contributed by atoms with Gasteiger partial charge in [-0.25, -0.2) is 9.18 Å². The van der Waals surface area contributed by atoms with Crippen LogP contribution in [-0.4, -0.2) is 18.6 Å². The third-order valence-corrected chi connectivity index (χ3v) is 5.04. The van der Waals surface area contributed by atoms with E-state index in [1.165, 1.54) is 19.1 Å². The van der Waals surface area contributed by atoms with Gasteiger partial charge in [-0.1, -0.05) is 12.1 Å². The molecule has 3 aromatic rings. The summed E-state index contributed by atoms with van der Waals surface area (Å²) in [6, 6.07) is 7.16. The summed E-state index contributed by atoms with van der Waals surface area (Å²) in [5.74, 6) is -1.79. The van der Waals surface area contributed by atoms with Crippen molar-refractivity contribution >= 4 is 22.6 Å². The van der Waals surface area contributed by atoms with Crippen LogP contribution in [0.3, 0.4) is 0 Å². The van der Waals surface area contributed by atoms with E-state index in [0.29, 0.717) is 16.5 Å². The molecule has 0 atom stereocenters. The zero-order valence-corrected chi connectivity index (χ0v) is 17.0. The van der Waals surface area contributed by atoms with Crippen molar-refractivity contribution in [3.63, 3.8) is 0 Å². The number of nitrogens with one attached hydrogen (secondary N) is 2. The second-order valence-corrected chi connectivity index (χ2v) is 7.26. The highest BCUT2D eigenvalue weighted by molar-refractivity contribution is 5.95. The molecule has 0 fully saturated rings. The predicted octanol–water partition coefficient (Wildman–Crippen LogP) is 4.76. The summed E-state index contributed by atoms with van der Waals surface area (Å²) in [5.41, 5.74) is 2.45. The van der Waals surface area contributed by atoms with Gasteiger partial charge in [0.05, 0.1) is 0 Å². The Hall–Kier alpha value is -3.36. The van der Waals surface area contributed by atoms with Crippen molar-refractivity contribution in [1.29, 1.82) is 0 Å². The molecule has 0 saturated carbocycles. The minimum absolute atomic E-state index is 0.110. The van der Waals surface area contributed by atoms with Gasteiger partial charge >= 0.3 is 11.8 Å². The van der Waals surface area contributed by atoms with E-state index in [-0.39, 0.29) is 23.4 Å². The summed E-state index contributed by atoms with van der Waals surface area (Å²) in [7, 11) is 0. The quantitative estimate of drug-likeness (QED) is 0.447. The molecule has 1 aromatic heterocycles. The molecule has 0 aliphatic carbocycles. The van der Waals surface area contributed by atoms with Gasteiger partial charge in [0.15, 0.2) is 0 Å². The smallest absolute Gasteiger partial charge is 0.405 e. The average Bonchev–Trinajstić information content (AvgIpc) is 2.69. The number of benzene rings is 2. The van der Waals surface area contributed by atoms with E-state index in [9.17, 15) is 27.2 Å². The monoisotopic (exact) mass is 436 g/mol. The molecule has 0 aliphatic rings. The van der Waals surface area contributed by atoms with Gasteiger partial charge < -0.3 is 15.1 Å². The number of halogens is 4. The predicted molar refractivity (Wildman–Crippen MR) is 109 cm³/mol. The van der Waals surface area contributed by atoms with Crippen molar-refractivity contribution < 1.29 is 26.8 Å². The van der Waals surface area contributed by atoms with E-state index in [1.54, 1.807) is 5.32 Å². The van der Waals surface area contributed by atoms with Crippen LogP contribution in [0.2, 0.25) is 0 Å². The van der Waals surface area contributed by atoms with Crippen LogP contribution in [-0.2, 0) is 6.54 Å². The summed E-state index contributed by atoms with van der Waals surface area (Å²) < 4.78 is 56.7. The van der Waals surface area contributed by atoms with Gasteiger partial charge in [-0.05, 0) is 49.6 Å². The van der Waals surface area contributed by atoms with Crippen LogP contribution < -0.4 is 16.3 Å². The molecule has 5 nitrogen and oxygen atoms in total. The second kappa shape index (κ2) is 8.41. The number of anilines is 1. The first-order valence-corrected chi connectivity index (χ1v) is 9.38. The number of hydrogen-bond donors (Lipinski definition) is 2. The molecular weight excluding hydrogens is 416 g/mol. The Morgan fingerprint density at radius 2 is 1.77 bits per heavy atom. The summed E-state index contributed by atoms with van der Waals surface area (Å²) >= 11 is 0. The minimum atomic E-state index is -4.58. The molecule has 0 spiro atoms. The van der Waals surface area contributed by atoms with Crippen molar-refractivity contribution in [1.82, 2.24) is 5.32 Å². The molecular formula is C22H20F4N2O3. The first-order valence-electron chi connectivity index (χ1n) is 9.38. The number of fused-ring (bicyclic) bond motifs is 1. The maximum Gasteiger partial charge on any atom is 0.405 e. The van der Waals surface area contributed by atoms with Gasteiger partial charge in [-0.3, -0.25) is 4.79 Å². The zero-order valence-electron chi connectivity index (χ0n) is 17.0. The fourth-order valence-corrected chi connectivity index (χ4v) is 3.14. The molecule has 0 radical (unpaired) electrons. The molecule has 2 N–H and O–H groups in total. The molecule has 3 rings (SSSR count). The van der Waals surface area contributed by atoms with Crippen LogP contribution in [0, 0.1) is 26.6 Å². The molecule has 2 aromatic carbocycles. The zero-order chi connectivity index (χ0) is 22.9. The molecule has 1 amide bonds. The molecule has 1 heterocycles. The van der Waals surface area contributed by atoms with Crippen LogP contribution in [0.4, 0.5) is 23.2 Å². The highest BCUT2D eigenvalue weighted by Gasteiger charge is 2.28. The lowest BCUT2D eigenvalue weighted by Crippen LogP contribution is -2.33. The second-order valence-electron chi connectivity index (χ2n) is 7.26. The SMILES string of the molecule is Cc1ccc2c(CNc3cc(C(=O)NCC(F)(F)F)cc(F)c3C)cc(=O)oc2c1C. The maximum atomic E-state index is 14.3. The third kappa shape index (κ3) is 5.04. The largest absolute Gasteiger partial charge is 0.422 e.